The van der Waals surface area contributed by atoms with Gasteiger partial charge in [-0.15, -0.1) is 0 Å². The number of rotatable bonds is 8. The lowest BCUT2D eigenvalue weighted by Crippen LogP contribution is -1.95. The molecule has 0 bridgehead atoms. The van der Waals surface area contributed by atoms with Crippen LogP contribution in [0.1, 0.15) is 31.2 Å². The summed E-state index contributed by atoms with van der Waals surface area (Å²) in [5, 5.41) is 9.92. The van der Waals surface area contributed by atoms with Gasteiger partial charge in [0.05, 0.1) is 5.69 Å². The second-order valence-corrected chi connectivity index (χ2v) is 6.48. The molecule has 2 heterocycles. The second kappa shape index (κ2) is 8.48. The van der Waals surface area contributed by atoms with Gasteiger partial charge < -0.3 is 9.67 Å². The monoisotopic (exact) mass is 348 g/mol. The molecular formula is C22H24N2O2. The summed E-state index contributed by atoms with van der Waals surface area (Å²) in [6, 6.07) is 12.6. The standard InChI is InChI=1S/C22H24N2O2/c1-24-20-13-8-7-11-18(20)19(22(24)17-10-9-15-23-16-17)12-5-3-2-4-6-14-21(25)26/h6-11,13-16H,2-5,12H2,1H3,(H,25,26). The van der Waals surface area contributed by atoms with Crippen LogP contribution in [0.3, 0.4) is 0 Å². The van der Waals surface area contributed by atoms with Crippen LogP contribution >= 0.6 is 0 Å². The van der Waals surface area contributed by atoms with E-state index in [-0.39, 0.29) is 0 Å². The fraction of sp³-hybridized carbons (Fsp3) is 0.273. The Labute approximate surface area is 153 Å². The minimum atomic E-state index is -0.873. The number of allylic oxidation sites excluding steroid dienone is 1. The molecule has 1 aromatic carbocycles. The van der Waals surface area contributed by atoms with Gasteiger partial charge in [0.2, 0.25) is 0 Å². The Kier molecular flexibility index (Phi) is 5.84. The molecule has 4 nitrogen and oxygen atoms in total. The maximum absolute atomic E-state index is 10.5. The molecule has 0 aliphatic rings. The van der Waals surface area contributed by atoms with E-state index in [1.165, 1.54) is 28.2 Å². The number of para-hydroxylation sites is 1. The number of hydrogen-bond acceptors (Lipinski definition) is 2. The molecule has 0 amide bonds. The van der Waals surface area contributed by atoms with Crippen molar-refractivity contribution in [1.82, 2.24) is 9.55 Å². The number of nitrogens with zero attached hydrogens (tertiary/aromatic N) is 2. The molecule has 0 saturated heterocycles. The molecule has 0 saturated carbocycles. The van der Waals surface area contributed by atoms with E-state index in [2.05, 4.69) is 46.9 Å². The van der Waals surface area contributed by atoms with Gasteiger partial charge in [-0.05, 0) is 49.4 Å². The summed E-state index contributed by atoms with van der Waals surface area (Å²) in [5.41, 5.74) is 5.00. The van der Waals surface area contributed by atoms with Crippen LogP contribution in [0.4, 0.5) is 0 Å². The highest BCUT2D eigenvalue weighted by atomic mass is 16.4. The molecule has 0 spiro atoms. The van der Waals surface area contributed by atoms with Crippen LogP contribution in [0.15, 0.2) is 60.9 Å². The van der Waals surface area contributed by atoms with Crippen molar-refractivity contribution >= 4 is 16.9 Å². The summed E-state index contributed by atoms with van der Waals surface area (Å²) < 4.78 is 2.26. The third-order valence-electron chi connectivity index (χ3n) is 4.70. The van der Waals surface area contributed by atoms with Gasteiger partial charge >= 0.3 is 5.97 Å². The molecule has 26 heavy (non-hydrogen) atoms. The molecule has 0 atom stereocenters. The van der Waals surface area contributed by atoms with Crippen LogP contribution in [-0.2, 0) is 18.3 Å². The lowest BCUT2D eigenvalue weighted by Gasteiger charge is -2.08. The van der Waals surface area contributed by atoms with Crippen LogP contribution < -0.4 is 0 Å². The zero-order valence-electron chi connectivity index (χ0n) is 15.1. The largest absolute Gasteiger partial charge is 0.478 e. The first-order chi connectivity index (χ1) is 12.7. The van der Waals surface area contributed by atoms with Gasteiger partial charge in [-0.1, -0.05) is 30.7 Å². The van der Waals surface area contributed by atoms with E-state index in [1.54, 1.807) is 12.3 Å². The quantitative estimate of drug-likeness (QED) is 0.461. The molecule has 0 unspecified atom stereocenters. The highest BCUT2D eigenvalue weighted by molar-refractivity contribution is 5.91. The van der Waals surface area contributed by atoms with Gasteiger partial charge in [0.15, 0.2) is 0 Å². The number of fused-ring (bicyclic) bond motifs is 1. The van der Waals surface area contributed by atoms with Crippen LogP contribution in [0.2, 0.25) is 0 Å². The van der Waals surface area contributed by atoms with Gasteiger partial charge in [-0.3, -0.25) is 4.98 Å². The van der Waals surface area contributed by atoms with Crippen molar-refractivity contribution in [2.45, 2.75) is 32.1 Å². The average Bonchev–Trinajstić information content (AvgIpc) is 2.94. The Hall–Kier alpha value is -2.88. The number of hydrogen-bond donors (Lipinski definition) is 1. The highest BCUT2D eigenvalue weighted by Crippen LogP contribution is 2.33. The van der Waals surface area contributed by atoms with E-state index in [0.29, 0.717) is 0 Å². The summed E-state index contributed by atoms with van der Waals surface area (Å²) in [4.78, 5) is 14.8. The van der Waals surface area contributed by atoms with Crippen LogP contribution in [-0.4, -0.2) is 20.6 Å². The van der Waals surface area contributed by atoms with Gasteiger partial charge in [-0.25, -0.2) is 4.79 Å². The van der Waals surface area contributed by atoms with Crippen LogP contribution in [0.25, 0.3) is 22.2 Å². The van der Waals surface area contributed by atoms with Crippen molar-refractivity contribution in [1.29, 1.82) is 0 Å². The number of aromatic nitrogens is 2. The van der Waals surface area contributed by atoms with Crippen molar-refractivity contribution in [3.8, 4) is 11.3 Å². The maximum Gasteiger partial charge on any atom is 0.327 e. The molecular weight excluding hydrogens is 324 g/mol. The molecule has 3 aromatic rings. The Morgan fingerprint density at radius 2 is 2.00 bits per heavy atom. The molecule has 0 radical (unpaired) electrons. The van der Waals surface area contributed by atoms with Crippen molar-refractivity contribution in [2.75, 3.05) is 0 Å². The predicted molar refractivity (Wildman–Crippen MR) is 105 cm³/mol. The third-order valence-corrected chi connectivity index (χ3v) is 4.70. The fourth-order valence-corrected chi connectivity index (χ4v) is 3.52. The van der Waals surface area contributed by atoms with E-state index >= 15 is 0 Å². The van der Waals surface area contributed by atoms with Crippen LogP contribution in [0.5, 0.6) is 0 Å². The van der Waals surface area contributed by atoms with Gasteiger partial charge in [0.25, 0.3) is 0 Å². The molecule has 134 valence electrons. The predicted octanol–water partition coefficient (Wildman–Crippen LogP) is 4.98. The van der Waals surface area contributed by atoms with Crippen molar-refractivity contribution in [3.63, 3.8) is 0 Å². The van der Waals surface area contributed by atoms with Gasteiger partial charge in [0.1, 0.15) is 0 Å². The van der Waals surface area contributed by atoms with E-state index in [4.69, 9.17) is 5.11 Å². The molecule has 0 aliphatic carbocycles. The average molecular weight is 348 g/mol. The summed E-state index contributed by atoms with van der Waals surface area (Å²) in [6.07, 6.45) is 11.7. The minimum absolute atomic E-state index is 0.817. The molecule has 3 rings (SSSR count). The zero-order valence-corrected chi connectivity index (χ0v) is 15.1. The topological polar surface area (TPSA) is 55.1 Å². The highest BCUT2D eigenvalue weighted by Gasteiger charge is 2.15. The van der Waals surface area contributed by atoms with Gasteiger partial charge in [0, 0.05) is 42.0 Å². The van der Waals surface area contributed by atoms with Crippen molar-refractivity contribution < 1.29 is 9.90 Å². The third kappa shape index (κ3) is 4.02. The number of carbonyl (C=O) groups is 1. The smallest absolute Gasteiger partial charge is 0.327 e. The first kappa shape index (κ1) is 17.9. The molecule has 1 N–H and O–H groups in total. The Morgan fingerprint density at radius 3 is 2.77 bits per heavy atom. The maximum atomic E-state index is 10.5. The number of unbranched alkanes of at least 4 members (excludes halogenated alkanes) is 3. The van der Waals surface area contributed by atoms with Crippen molar-refractivity contribution in [2.24, 2.45) is 7.05 Å². The first-order valence-electron chi connectivity index (χ1n) is 9.04. The molecule has 0 fully saturated rings. The van der Waals surface area contributed by atoms with Crippen LogP contribution in [0, 0.1) is 0 Å². The Balaban J connectivity index is 1.78. The first-order valence-corrected chi connectivity index (χ1v) is 9.04. The Bertz CT molecular complexity index is 911. The minimum Gasteiger partial charge on any atom is -0.478 e. The van der Waals surface area contributed by atoms with E-state index in [0.717, 1.165) is 37.7 Å². The fourth-order valence-electron chi connectivity index (χ4n) is 3.52. The molecule has 4 heteroatoms. The van der Waals surface area contributed by atoms with Crippen molar-refractivity contribution in [3.05, 3.63) is 66.5 Å². The zero-order chi connectivity index (χ0) is 18.4. The summed E-state index contributed by atoms with van der Waals surface area (Å²) >= 11 is 0. The lowest BCUT2D eigenvalue weighted by molar-refractivity contribution is -0.131. The van der Waals surface area contributed by atoms with E-state index < -0.39 is 5.97 Å². The number of carboxylic acids is 1. The van der Waals surface area contributed by atoms with E-state index in [1.807, 2.05) is 12.3 Å². The van der Waals surface area contributed by atoms with Gasteiger partial charge in [-0.2, -0.15) is 0 Å². The number of aryl methyl sites for hydroxylation is 2. The number of aliphatic carboxylic acids is 1. The lowest BCUT2D eigenvalue weighted by atomic mass is 10.00. The summed E-state index contributed by atoms with van der Waals surface area (Å²) in [7, 11) is 2.12. The second-order valence-electron chi connectivity index (χ2n) is 6.48. The molecule has 2 aromatic heterocycles. The van der Waals surface area contributed by atoms with E-state index in [9.17, 15) is 4.79 Å². The summed E-state index contributed by atoms with van der Waals surface area (Å²) in [5.74, 6) is -0.873. The molecule has 0 aliphatic heterocycles. The number of pyridine rings is 1. The number of benzene rings is 1. The summed E-state index contributed by atoms with van der Waals surface area (Å²) in [6.45, 7) is 0. The normalized spacial score (nSPS) is 11.4. The number of carboxylic acid groups (broad SMARTS) is 1. The Morgan fingerprint density at radius 1 is 1.15 bits per heavy atom. The SMILES string of the molecule is Cn1c(-c2cccnc2)c(CCCCCC=CC(=O)O)c2ccccc21.